The van der Waals surface area contributed by atoms with Crippen LogP contribution in [0, 0.1) is 0 Å². The summed E-state index contributed by atoms with van der Waals surface area (Å²) in [6.45, 7) is 6.66. The number of hydrogen-bond donors (Lipinski definition) is 1. The van der Waals surface area contributed by atoms with Gasteiger partial charge in [-0.15, -0.1) is 0 Å². The highest BCUT2D eigenvalue weighted by Gasteiger charge is 2.11. The molecule has 0 aliphatic carbocycles. The van der Waals surface area contributed by atoms with Gasteiger partial charge in [-0.1, -0.05) is 65.7 Å². The van der Waals surface area contributed by atoms with Crippen LogP contribution in [-0.4, -0.2) is 0 Å². The van der Waals surface area contributed by atoms with Gasteiger partial charge in [-0.25, -0.2) is 0 Å². The molecule has 2 rings (SSSR count). The summed E-state index contributed by atoms with van der Waals surface area (Å²) in [6, 6.07) is 18.2. The predicted octanol–water partition coefficient (Wildman–Crippen LogP) is 5.81. The lowest BCUT2D eigenvalue weighted by Crippen LogP contribution is -2.22. The maximum absolute atomic E-state index is 3.67. The Morgan fingerprint density at radius 2 is 1.62 bits per heavy atom. The third kappa shape index (κ3) is 4.69. The fraction of sp³-hybridized carbons (Fsp3) is 0.368. The van der Waals surface area contributed by atoms with Gasteiger partial charge in [0.15, 0.2) is 0 Å². The Labute approximate surface area is 136 Å². The summed E-state index contributed by atoms with van der Waals surface area (Å²) in [5.41, 5.74) is 4.07. The lowest BCUT2D eigenvalue weighted by atomic mass is 10.0. The Bertz CT molecular complexity index is 562. The van der Waals surface area contributed by atoms with E-state index >= 15 is 0 Å². The highest BCUT2D eigenvalue weighted by molar-refractivity contribution is 9.10. The molecule has 112 valence electrons. The molecule has 0 aromatic heterocycles. The molecular weight excluding hydrogens is 322 g/mol. The fourth-order valence-electron chi connectivity index (χ4n) is 2.61. The standard InChI is InChI=1S/C19H24BrN/c1-4-6-16-9-11-17(12-10-16)14(2)21-15(3)18-7-5-8-19(20)13-18/h5,7-15,21H,4,6H2,1-3H3. The largest absolute Gasteiger partial charge is 0.304 e. The summed E-state index contributed by atoms with van der Waals surface area (Å²) >= 11 is 3.54. The molecule has 2 atom stereocenters. The Morgan fingerprint density at radius 3 is 2.24 bits per heavy atom. The van der Waals surface area contributed by atoms with Crippen molar-refractivity contribution in [2.75, 3.05) is 0 Å². The van der Waals surface area contributed by atoms with Crippen LogP contribution in [0.2, 0.25) is 0 Å². The van der Waals surface area contributed by atoms with Crippen LogP contribution in [0.4, 0.5) is 0 Å². The molecule has 2 unspecified atom stereocenters. The molecule has 0 aliphatic heterocycles. The quantitative estimate of drug-likeness (QED) is 0.696. The maximum atomic E-state index is 3.67. The van der Waals surface area contributed by atoms with Crippen molar-refractivity contribution in [3.05, 3.63) is 69.7 Å². The van der Waals surface area contributed by atoms with Crippen LogP contribution < -0.4 is 5.32 Å². The smallest absolute Gasteiger partial charge is 0.0297 e. The fourth-order valence-corrected chi connectivity index (χ4v) is 3.02. The zero-order valence-corrected chi connectivity index (χ0v) is 14.7. The molecule has 0 bridgehead atoms. The van der Waals surface area contributed by atoms with Crippen molar-refractivity contribution in [3.8, 4) is 0 Å². The summed E-state index contributed by atoms with van der Waals surface area (Å²) in [6.07, 6.45) is 2.36. The van der Waals surface area contributed by atoms with Gasteiger partial charge >= 0.3 is 0 Å². The Morgan fingerprint density at radius 1 is 0.952 bits per heavy atom. The second-order valence-corrected chi connectivity index (χ2v) is 6.57. The van der Waals surface area contributed by atoms with Crippen LogP contribution in [0.5, 0.6) is 0 Å². The van der Waals surface area contributed by atoms with Gasteiger partial charge in [-0.05, 0) is 49.1 Å². The lowest BCUT2D eigenvalue weighted by molar-refractivity contribution is 0.494. The number of halogens is 1. The van der Waals surface area contributed by atoms with Gasteiger partial charge < -0.3 is 5.32 Å². The summed E-state index contributed by atoms with van der Waals surface area (Å²) in [7, 11) is 0. The Kier molecular flexibility index (Phi) is 6.01. The summed E-state index contributed by atoms with van der Waals surface area (Å²) in [5, 5.41) is 3.67. The van der Waals surface area contributed by atoms with Gasteiger partial charge in [-0.3, -0.25) is 0 Å². The minimum absolute atomic E-state index is 0.327. The molecule has 0 saturated heterocycles. The minimum Gasteiger partial charge on any atom is -0.304 e. The lowest BCUT2D eigenvalue weighted by Gasteiger charge is -2.21. The van der Waals surface area contributed by atoms with E-state index < -0.39 is 0 Å². The number of nitrogens with one attached hydrogen (secondary N) is 1. The van der Waals surface area contributed by atoms with Gasteiger partial charge in [-0.2, -0.15) is 0 Å². The van der Waals surface area contributed by atoms with E-state index in [1.807, 2.05) is 0 Å². The van der Waals surface area contributed by atoms with Gasteiger partial charge in [0.1, 0.15) is 0 Å². The first kappa shape index (κ1) is 16.3. The zero-order valence-electron chi connectivity index (χ0n) is 13.1. The average molecular weight is 346 g/mol. The second-order valence-electron chi connectivity index (χ2n) is 5.66. The van der Waals surface area contributed by atoms with Crippen molar-refractivity contribution in [2.45, 2.75) is 45.7 Å². The molecule has 2 aromatic rings. The van der Waals surface area contributed by atoms with Crippen LogP contribution in [0.15, 0.2) is 53.0 Å². The van der Waals surface area contributed by atoms with Crippen molar-refractivity contribution < 1.29 is 0 Å². The van der Waals surface area contributed by atoms with E-state index in [2.05, 4.69) is 90.5 Å². The molecule has 0 radical (unpaired) electrons. The van der Waals surface area contributed by atoms with E-state index in [4.69, 9.17) is 0 Å². The van der Waals surface area contributed by atoms with E-state index in [0.717, 1.165) is 10.9 Å². The number of hydrogen-bond acceptors (Lipinski definition) is 1. The van der Waals surface area contributed by atoms with E-state index in [-0.39, 0.29) is 0 Å². The van der Waals surface area contributed by atoms with E-state index in [0.29, 0.717) is 12.1 Å². The molecule has 0 spiro atoms. The van der Waals surface area contributed by atoms with E-state index in [1.54, 1.807) is 0 Å². The van der Waals surface area contributed by atoms with Crippen molar-refractivity contribution in [1.82, 2.24) is 5.32 Å². The van der Waals surface area contributed by atoms with Gasteiger partial charge in [0.25, 0.3) is 0 Å². The van der Waals surface area contributed by atoms with Crippen LogP contribution in [0.1, 0.15) is 56.0 Å². The van der Waals surface area contributed by atoms with Crippen molar-refractivity contribution in [3.63, 3.8) is 0 Å². The first-order valence-electron chi connectivity index (χ1n) is 7.70. The minimum atomic E-state index is 0.327. The first-order chi connectivity index (χ1) is 10.1. The van der Waals surface area contributed by atoms with Crippen LogP contribution in [-0.2, 0) is 6.42 Å². The average Bonchev–Trinajstić information content (AvgIpc) is 2.48. The SMILES string of the molecule is CCCc1ccc(C(C)NC(C)c2cccc(Br)c2)cc1. The van der Waals surface area contributed by atoms with Crippen molar-refractivity contribution in [2.24, 2.45) is 0 Å². The summed E-state index contributed by atoms with van der Waals surface area (Å²) < 4.78 is 1.13. The normalized spacial score (nSPS) is 13.9. The molecule has 2 heteroatoms. The first-order valence-corrected chi connectivity index (χ1v) is 8.49. The van der Waals surface area contributed by atoms with Gasteiger partial charge in [0, 0.05) is 16.6 Å². The second kappa shape index (κ2) is 7.77. The highest BCUT2D eigenvalue weighted by Crippen LogP contribution is 2.22. The predicted molar refractivity (Wildman–Crippen MR) is 94.5 cm³/mol. The van der Waals surface area contributed by atoms with E-state index in [9.17, 15) is 0 Å². The molecular formula is C19H24BrN. The monoisotopic (exact) mass is 345 g/mol. The third-order valence-corrected chi connectivity index (χ3v) is 4.36. The maximum Gasteiger partial charge on any atom is 0.0297 e. The number of aryl methyl sites for hydroxylation is 1. The van der Waals surface area contributed by atoms with Gasteiger partial charge in [0.05, 0.1) is 0 Å². The van der Waals surface area contributed by atoms with E-state index in [1.165, 1.54) is 23.1 Å². The zero-order chi connectivity index (χ0) is 15.2. The molecule has 0 aliphatic rings. The Balaban J connectivity index is 2.01. The summed E-state index contributed by atoms with van der Waals surface area (Å²) in [4.78, 5) is 0. The van der Waals surface area contributed by atoms with Crippen molar-refractivity contribution >= 4 is 15.9 Å². The molecule has 1 nitrogen and oxygen atoms in total. The van der Waals surface area contributed by atoms with Gasteiger partial charge in [0.2, 0.25) is 0 Å². The van der Waals surface area contributed by atoms with Crippen LogP contribution in [0.25, 0.3) is 0 Å². The topological polar surface area (TPSA) is 12.0 Å². The van der Waals surface area contributed by atoms with Crippen molar-refractivity contribution in [1.29, 1.82) is 0 Å². The van der Waals surface area contributed by atoms with Crippen LogP contribution in [0.3, 0.4) is 0 Å². The molecule has 0 saturated carbocycles. The molecule has 2 aromatic carbocycles. The molecule has 0 fully saturated rings. The van der Waals surface area contributed by atoms with Crippen LogP contribution >= 0.6 is 15.9 Å². The Hall–Kier alpha value is -1.12. The third-order valence-electron chi connectivity index (χ3n) is 3.87. The summed E-state index contributed by atoms with van der Waals surface area (Å²) in [5.74, 6) is 0. The number of rotatable bonds is 6. The highest BCUT2D eigenvalue weighted by atomic mass is 79.9. The molecule has 21 heavy (non-hydrogen) atoms. The molecule has 0 amide bonds. The number of benzene rings is 2. The molecule has 1 N–H and O–H groups in total. The molecule has 0 heterocycles.